The molecule has 2 heterocycles. The highest BCUT2D eigenvalue weighted by atomic mass is 16.2. The molecule has 0 aliphatic carbocycles. The van der Waals surface area contributed by atoms with Crippen LogP contribution in [0.1, 0.15) is 19.8 Å². The topological polar surface area (TPSA) is 61.4 Å². The number of rotatable bonds is 3. The molecule has 2 aliphatic rings. The SMILES string of the molecule is CCNC(=O)C1CCN(C(=O)C2CNC2)CC1. The number of piperidine rings is 1. The van der Waals surface area contributed by atoms with Crippen LogP contribution in [0.15, 0.2) is 0 Å². The normalized spacial score (nSPS) is 22.1. The Labute approximate surface area is 102 Å². The summed E-state index contributed by atoms with van der Waals surface area (Å²) >= 11 is 0. The van der Waals surface area contributed by atoms with Gasteiger partial charge in [0.25, 0.3) is 0 Å². The molecule has 2 saturated heterocycles. The van der Waals surface area contributed by atoms with Gasteiger partial charge < -0.3 is 15.5 Å². The van der Waals surface area contributed by atoms with Gasteiger partial charge in [0.05, 0.1) is 5.92 Å². The number of hydrogen-bond donors (Lipinski definition) is 2. The molecule has 0 atom stereocenters. The fourth-order valence-corrected chi connectivity index (χ4v) is 2.40. The van der Waals surface area contributed by atoms with Gasteiger partial charge in [-0.05, 0) is 19.8 Å². The van der Waals surface area contributed by atoms with Crippen LogP contribution in [0.2, 0.25) is 0 Å². The Kier molecular flexibility index (Phi) is 3.99. The van der Waals surface area contributed by atoms with Crippen LogP contribution < -0.4 is 10.6 Å². The number of nitrogens with zero attached hydrogens (tertiary/aromatic N) is 1. The molecule has 0 radical (unpaired) electrons. The zero-order valence-corrected chi connectivity index (χ0v) is 10.4. The predicted molar refractivity (Wildman–Crippen MR) is 64.3 cm³/mol. The minimum atomic E-state index is 0.0958. The van der Waals surface area contributed by atoms with Crippen molar-refractivity contribution in [3.05, 3.63) is 0 Å². The first-order valence-electron chi connectivity index (χ1n) is 6.49. The van der Waals surface area contributed by atoms with Crippen LogP contribution in [-0.2, 0) is 9.59 Å². The quantitative estimate of drug-likeness (QED) is 0.703. The van der Waals surface area contributed by atoms with Crippen molar-refractivity contribution in [3.8, 4) is 0 Å². The summed E-state index contributed by atoms with van der Waals surface area (Å²) in [5, 5.41) is 5.97. The molecule has 2 N–H and O–H groups in total. The number of carbonyl (C=O) groups is 2. The van der Waals surface area contributed by atoms with Gasteiger partial charge in [0.1, 0.15) is 0 Å². The highest BCUT2D eigenvalue weighted by Gasteiger charge is 2.32. The first-order chi connectivity index (χ1) is 8.22. The first kappa shape index (κ1) is 12.4. The van der Waals surface area contributed by atoms with E-state index in [2.05, 4.69) is 10.6 Å². The lowest BCUT2D eigenvalue weighted by Crippen LogP contribution is -2.54. The number of hydrogen-bond acceptors (Lipinski definition) is 3. The van der Waals surface area contributed by atoms with E-state index in [4.69, 9.17) is 0 Å². The third-order valence-corrected chi connectivity index (χ3v) is 3.66. The van der Waals surface area contributed by atoms with Crippen molar-refractivity contribution < 1.29 is 9.59 Å². The zero-order chi connectivity index (χ0) is 12.3. The van der Waals surface area contributed by atoms with Gasteiger partial charge in [-0.2, -0.15) is 0 Å². The van der Waals surface area contributed by atoms with Crippen molar-refractivity contribution in [3.63, 3.8) is 0 Å². The monoisotopic (exact) mass is 239 g/mol. The number of nitrogens with one attached hydrogen (secondary N) is 2. The molecule has 0 aromatic rings. The van der Waals surface area contributed by atoms with E-state index >= 15 is 0 Å². The van der Waals surface area contributed by atoms with Gasteiger partial charge in [0.2, 0.25) is 11.8 Å². The van der Waals surface area contributed by atoms with Crippen LogP contribution >= 0.6 is 0 Å². The molecule has 0 aromatic carbocycles. The molecule has 0 aromatic heterocycles. The summed E-state index contributed by atoms with van der Waals surface area (Å²) < 4.78 is 0. The summed E-state index contributed by atoms with van der Waals surface area (Å²) in [5.74, 6) is 0.678. The number of carbonyl (C=O) groups excluding carboxylic acids is 2. The predicted octanol–water partition coefficient (Wildman–Crippen LogP) is -0.419. The number of amides is 2. The van der Waals surface area contributed by atoms with E-state index in [1.807, 2.05) is 11.8 Å². The maximum atomic E-state index is 12.0. The molecule has 0 spiro atoms. The Morgan fingerprint density at radius 3 is 2.35 bits per heavy atom. The summed E-state index contributed by atoms with van der Waals surface area (Å²) in [6, 6.07) is 0. The number of likely N-dealkylation sites (tertiary alicyclic amines) is 1. The summed E-state index contributed by atoms with van der Waals surface area (Å²) in [6.07, 6.45) is 1.61. The maximum absolute atomic E-state index is 12.0. The lowest BCUT2D eigenvalue weighted by Gasteiger charge is -2.36. The molecule has 0 bridgehead atoms. The van der Waals surface area contributed by atoms with E-state index in [-0.39, 0.29) is 23.7 Å². The lowest BCUT2D eigenvalue weighted by molar-refractivity contribution is -0.140. The van der Waals surface area contributed by atoms with E-state index < -0.39 is 0 Å². The van der Waals surface area contributed by atoms with E-state index in [0.29, 0.717) is 6.54 Å². The molecule has 5 nitrogen and oxygen atoms in total. The Morgan fingerprint density at radius 2 is 1.88 bits per heavy atom. The highest BCUT2D eigenvalue weighted by Crippen LogP contribution is 2.19. The molecule has 0 saturated carbocycles. The van der Waals surface area contributed by atoms with E-state index in [9.17, 15) is 9.59 Å². The van der Waals surface area contributed by atoms with Gasteiger partial charge in [-0.25, -0.2) is 0 Å². The van der Waals surface area contributed by atoms with Crippen LogP contribution in [0, 0.1) is 11.8 Å². The summed E-state index contributed by atoms with van der Waals surface area (Å²) in [5.41, 5.74) is 0. The maximum Gasteiger partial charge on any atom is 0.228 e. The first-order valence-corrected chi connectivity index (χ1v) is 6.49. The Bertz CT molecular complexity index is 294. The minimum absolute atomic E-state index is 0.0958. The van der Waals surface area contributed by atoms with E-state index in [0.717, 1.165) is 39.0 Å². The van der Waals surface area contributed by atoms with Crippen LogP contribution in [0.4, 0.5) is 0 Å². The van der Waals surface area contributed by atoms with Crippen molar-refractivity contribution in [2.45, 2.75) is 19.8 Å². The fraction of sp³-hybridized carbons (Fsp3) is 0.833. The summed E-state index contributed by atoms with van der Waals surface area (Å²) in [6.45, 7) is 5.71. The van der Waals surface area contributed by atoms with Gasteiger partial charge >= 0.3 is 0 Å². The van der Waals surface area contributed by atoms with Crippen molar-refractivity contribution in [1.82, 2.24) is 15.5 Å². The van der Waals surface area contributed by atoms with Crippen LogP contribution in [0.3, 0.4) is 0 Å². The molecule has 2 fully saturated rings. The molecule has 2 amide bonds. The smallest absolute Gasteiger partial charge is 0.228 e. The molecule has 2 aliphatic heterocycles. The van der Waals surface area contributed by atoms with Crippen LogP contribution in [-0.4, -0.2) is 49.4 Å². The second-order valence-corrected chi connectivity index (χ2v) is 4.85. The molecule has 17 heavy (non-hydrogen) atoms. The Balaban J connectivity index is 1.77. The van der Waals surface area contributed by atoms with Crippen molar-refractivity contribution in [1.29, 1.82) is 0 Å². The van der Waals surface area contributed by atoms with Gasteiger partial charge in [-0.3, -0.25) is 9.59 Å². The Hall–Kier alpha value is -1.10. The van der Waals surface area contributed by atoms with Gasteiger partial charge in [0.15, 0.2) is 0 Å². The van der Waals surface area contributed by atoms with Gasteiger partial charge in [0, 0.05) is 38.6 Å². The van der Waals surface area contributed by atoms with Crippen molar-refractivity contribution >= 4 is 11.8 Å². The Morgan fingerprint density at radius 1 is 1.24 bits per heavy atom. The molecular formula is C12H21N3O2. The van der Waals surface area contributed by atoms with Crippen LogP contribution in [0.5, 0.6) is 0 Å². The molecular weight excluding hydrogens is 218 g/mol. The third kappa shape index (κ3) is 2.77. The molecule has 0 unspecified atom stereocenters. The highest BCUT2D eigenvalue weighted by molar-refractivity contribution is 5.81. The third-order valence-electron chi connectivity index (χ3n) is 3.66. The second-order valence-electron chi connectivity index (χ2n) is 4.85. The minimum Gasteiger partial charge on any atom is -0.356 e. The average molecular weight is 239 g/mol. The van der Waals surface area contributed by atoms with Gasteiger partial charge in [-0.15, -0.1) is 0 Å². The summed E-state index contributed by atoms with van der Waals surface area (Å²) in [7, 11) is 0. The second kappa shape index (κ2) is 5.49. The van der Waals surface area contributed by atoms with Crippen LogP contribution in [0.25, 0.3) is 0 Å². The van der Waals surface area contributed by atoms with E-state index in [1.165, 1.54) is 0 Å². The molecule has 2 rings (SSSR count). The summed E-state index contributed by atoms with van der Waals surface area (Å²) in [4.78, 5) is 25.5. The van der Waals surface area contributed by atoms with E-state index in [1.54, 1.807) is 0 Å². The van der Waals surface area contributed by atoms with Gasteiger partial charge in [-0.1, -0.05) is 0 Å². The standard InChI is InChI=1S/C12H21N3O2/c1-2-14-11(16)9-3-5-15(6-4-9)12(17)10-7-13-8-10/h9-10,13H,2-8H2,1H3,(H,14,16). The average Bonchev–Trinajstić information content (AvgIpc) is 2.27. The largest absolute Gasteiger partial charge is 0.356 e. The molecule has 5 heteroatoms. The lowest BCUT2D eigenvalue weighted by atomic mass is 9.93. The zero-order valence-electron chi connectivity index (χ0n) is 10.4. The fourth-order valence-electron chi connectivity index (χ4n) is 2.40. The van der Waals surface area contributed by atoms with Crippen molar-refractivity contribution in [2.75, 3.05) is 32.7 Å². The van der Waals surface area contributed by atoms with Crippen molar-refractivity contribution in [2.24, 2.45) is 11.8 Å². The molecule has 96 valence electrons.